The SMILES string of the molecule is C/C(=N/Nc1cc(-c2c(C)noc2C)nc(C)n1)c1ccc(C)cc1. The molecule has 2 heterocycles. The Morgan fingerprint density at radius 3 is 2.40 bits per heavy atom. The first-order valence-corrected chi connectivity index (χ1v) is 8.10. The highest BCUT2D eigenvalue weighted by Gasteiger charge is 2.14. The number of hydrogen-bond acceptors (Lipinski definition) is 6. The van der Waals surface area contributed by atoms with Gasteiger partial charge in [-0.15, -0.1) is 0 Å². The maximum Gasteiger partial charge on any atom is 0.150 e. The lowest BCUT2D eigenvalue weighted by Gasteiger charge is -2.07. The number of hydrazone groups is 1. The van der Waals surface area contributed by atoms with Gasteiger partial charge in [-0.25, -0.2) is 9.97 Å². The van der Waals surface area contributed by atoms with Gasteiger partial charge < -0.3 is 4.52 Å². The van der Waals surface area contributed by atoms with Crippen LogP contribution in [0.3, 0.4) is 0 Å². The van der Waals surface area contributed by atoms with Crippen molar-refractivity contribution in [3.63, 3.8) is 0 Å². The minimum absolute atomic E-state index is 0.633. The predicted octanol–water partition coefficient (Wildman–Crippen LogP) is 4.20. The summed E-state index contributed by atoms with van der Waals surface area (Å²) in [5.74, 6) is 2.03. The Labute approximate surface area is 147 Å². The normalized spacial score (nSPS) is 11.6. The summed E-state index contributed by atoms with van der Waals surface area (Å²) in [5.41, 5.74) is 8.67. The van der Waals surface area contributed by atoms with E-state index < -0.39 is 0 Å². The second kappa shape index (κ2) is 6.84. The number of aromatic nitrogens is 3. The molecular weight excluding hydrogens is 314 g/mol. The Kier molecular flexibility index (Phi) is 4.61. The summed E-state index contributed by atoms with van der Waals surface area (Å²) in [6, 6.07) is 10.1. The molecule has 0 radical (unpaired) electrons. The van der Waals surface area contributed by atoms with E-state index in [1.54, 1.807) is 0 Å². The van der Waals surface area contributed by atoms with Gasteiger partial charge in [0.1, 0.15) is 11.6 Å². The number of hydrogen-bond donors (Lipinski definition) is 1. The molecule has 0 saturated heterocycles. The molecule has 0 saturated carbocycles. The van der Waals surface area contributed by atoms with E-state index in [4.69, 9.17) is 4.52 Å². The third kappa shape index (κ3) is 3.74. The highest BCUT2D eigenvalue weighted by Crippen LogP contribution is 2.26. The first-order chi connectivity index (χ1) is 11.9. The van der Waals surface area contributed by atoms with Gasteiger partial charge in [0, 0.05) is 6.07 Å². The van der Waals surface area contributed by atoms with Gasteiger partial charge in [0.15, 0.2) is 5.82 Å². The molecule has 6 heteroatoms. The first kappa shape index (κ1) is 16.8. The lowest BCUT2D eigenvalue weighted by molar-refractivity contribution is 0.393. The molecule has 0 spiro atoms. The van der Waals surface area contributed by atoms with E-state index in [1.165, 1.54) is 5.56 Å². The summed E-state index contributed by atoms with van der Waals surface area (Å²) >= 11 is 0. The molecule has 0 aliphatic heterocycles. The van der Waals surface area contributed by atoms with E-state index in [-0.39, 0.29) is 0 Å². The molecule has 1 N–H and O–H groups in total. The zero-order valence-electron chi connectivity index (χ0n) is 15.1. The molecule has 3 aromatic rings. The zero-order chi connectivity index (χ0) is 18.0. The second-order valence-corrected chi connectivity index (χ2v) is 6.06. The van der Waals surface area contributed by atoms with Crippen LogP contribution in [0.2, 0.25) is 0 Å². The Balaban J connectivity index is 1.88. The Bertz CT molecular complexity index is 906. The predicted molar refractivity (Wildman–Crippen MR) is 98.8 cm³/mol. The smallest absolute Gasteiger partial charge is 0.150 e. The molecule has 0 aliphatic rings. The number of anilines is 1. The van der Waals surface area contributed by atoms with Crippen molar-refractivity contribution in [3.05, 3.63) is 58.7 Å². The van der Waals surface area contributed by atoms with Crippen molar-refractivity contribution in [3.8, 4) is 11.3 Å². The summed E-state index contributed by atoms with van der Waals surface area (Å²) < 4.78 is 5.24. The summed E-state index contributed by atoms with van der Waals surface area (Å²) in [6.45, 7) is 9.65. The third-order valence-electron chi connectivity index (χ3n) is 3.93. The van der Waals surface area contributed by atoms with Crippen LogP contribution in [0.25, 0.3) is 11.3 Å². The molecule has 0 atom stereocenters. The third-order valence-corrected chi connectivity index (χ3v) is 3.93. The number of rotatable bonds is 4. The van der Waals surface area contributed by atoms with Crippen molar-refractivity contribution in [2.75, 3.05) is 5.43 Å². The highest BCUT2D eigenvalue weighted by atomic mass is 16.5. The van der Waals surface area contributed by atoms with Crippen molar-refractivity contribution < 1.29 is 4.52 Å². The van der Waals surface area contributed by atoms with Gasteiger partial charge >= 0.3 is 0 Å². The molecule has 128 valence electrons. The largest absolute Gasteiger partial charge is 0.361 e. The van der Waals surface area contributed by atoms with Crippen LogP contribution in [-0.2, 0) is 0 Å². The second-order valence-electron chi connectivity index (χ2n) is 6.06. The van der Waals surface area contributed by atoms with Gasteiger partial charge in [-0.2, -0.15) is 5.10 Å². The first-order valence-electron chi connectivity index (χ1n) is 8.10. The van der Waals surface area contributed by atoms with Gasteiger partial charge in [-0.05, 0) is 40.2 Å². The van der Waals surface area contributed by atoms with Crippen LogP contribution in [0.5, 0.6) is 0 Å². The van der Waals surface area contributed by atoms with E-state index in [9.17, 15) is 0 Å². The molecule has 0 fully saturated rings. The van der Waals surface area contributed by atoms with Gasteiger partial charge in [-0.3, -0.25) is 5.43 Å². The standard InChI is InChI=1S/C19H21N5O/c1-11-6-8-16(9-7-11)12(2)22-23-18-10-17(20-15(5)21-18)19-13(3)24-25-14(19)4/h6-10H,1-5H3,(H,20,21,23)/b22-12-. The molecule has 3 rings (SSSR count). The number of benzene rings is 1. The van der Waals surface area contributed by atoms with Crippen LogP contribution in [-0.4, -0.2) is 20.8 Å². The number of nitrogens with one attached hydrogen (secondary N) is 1. The van der Waals surface area contributed by atoms with Crippen molar-refractivity contribution in [2.45, 2.75) is 34.6 Å². The fourth-order valence-corrected chi connectivity index (χ4v) is 2.60. The maximum absolute atomic E-state index is 5.24. The van der Waals surface area contributed by atoms with Gasteiger partial charge in [-0.1, -0.05) is 35.0 Å². The van der Waals surface area contributed by atoms with Crippen LogP contribution >= 0.6 is 0 Å². The maximum atomic E-state index is 5.24. The molecule has 0 aliphatic carbocycles. The average Bonchev–Trinajstić information content (AvgIpc) is 2.91. The molecule has 0 unspecified atom stereocenters. The van der Waals surface area contributed by atoms with Crippen LogP contribution < -0.4 is 5.43 Å². The summed E-state index contributed by atoms with van der Waals surface area (Å²) in [6.07, 6.45) is 0. The van der Waals surface area contributed by atoms with Crippen molar-refractivity contribution in [2.24, 2.45) is 5.10 Å². The van der Waals surface area contributed by atoms with Crippen LogP contribution in [0.15, 0.2) is 40.0 Å². The summed E-state index contributed by atoms with van der Waals surface area (Å²) in [7, 11) is 0. The fraction of sp³-hybridized carbons (Fsp3) is 0.263. The van der Waals surface area contributed by atoms with E-state index >= 15 is 0 Å². The molecular formula is C19H21N5O. The van der Waals surface area contributed by atoms with Crippen LogP contribution in [0.4, 0.5) is 5.82 Å². The minimum atomic E-state index is 0.633. The molecule has 0 bridgehead atoms. The average molecular weight is 335 g/mol. The van der Waals surface area contributed by atoms with E-state index in [0.717, 1.165) is 34.0 Å². The van der Waals surface area contributed by atoms with Gasteiger partial charge in [0.05, 0.1) is 22.7 Å². The molecule has 2 aromatic heterocycles. The zero-order valence-corrected chi connectivity index (χ0v) is 15.1. The lowest BCUT2D eigenvalue weighted by atomic mass is 10.1. The quantitative estimate of drug-likeness (QED) is 0.571. The van der Waals surface area contributed by atoms with Crippen molar-refractivity contribution in [1.82, 2.24) is 15.1 Å². The molecule has 6 nitrogen and oxygen atoms in total. The Hall–Kier alpha value is -3.02. The Morgan fingerprint density at radius 2 is 1.76 bits per heavy atom. The minimum Gasteiger partial charge on any atom is -0.361 e. The van der Waals surface area contributed by atoms with E-state index in [2.05, 4.69) is 56.8 Å². The van der Waals surface area contributed by atoms with Gasteiger partial charge in [0.2, 0.25) is 0 Å². The molecule has 1 aromatic carbocycles. The Morgan fingerprint density at radius 1 is 1.04 bits per heavy atom. The molecule has 25 heavy (non-hydrogen) atoms. The number of aryl methyl sites for hydroxylation is 4. The van der Waals surface area contributed by atoms with E-state index in [1.807, 2.05) is 33.8 Å². The number of nitrogens with zero attached hydrogens (tertiary/aromatic N) is 4. The monoisotopic (exact) mass is 335 g/mol. The summed E-state index contributed by atoms with van der Waals surface area (Å²) in [4.78, 5) is 8.90. The van der Waals surface area contributed by atoms with Gasteiger partial charge in [0.25, 0.3) is 0 Å². The molecule has 0 amide bonds. The summed E-state index contributed by atoms with van der Waals surface area (Å²) in [5, 5.41) is 8.43. The topological polar surface area (TPSA) is 76.2 Å². The fourth-order valence-electron chi connectivity index (χ4n) is 2.60. The van der Waals surface area contributed by atoms with Crippen LogP contribution in [0, 0.1) is 27.7 Å². The highest BCUT2D eigenvalue weighted by molar-refractivity contribution is 5.99. The lowest BCUT2D eigenvalue weighted by Crippen LogP contribution is -2.03. The van der Waals surface area contributed by atoms with Crippen molar-refractivity contribution >= 4 is 11.5 Å². The van der Waals surface area contributed by atoms with Crippen LogP contribution in [0.1, 0.15) is 35.3 Å². The van der Waals surface area contributed by atoms with Crippen molar-refractivity contribution in [1.29, 1.82) is 0 Å². The van der Waals surface area contributed by atoms with E-state index in [0.29, 0.717) is 11.6 Å².